The Morgan fingerprint density at radius 2 is 1.90 bits per heavy atom. The smallest absolute Gasteiger partial charge is 0.311 e. The molecule has 1 aromatic heterocycles. The topological polar surface area (TPSA) is 106 Å². The summed E-state index contributed by atoms with van der Waals surface area (Å²) in [7, 11) is 0. The third-order valence-electron chi connectivity index (χ3n) is 2.47. The Bertz CT molecular complexity index is 690. The Labute approximate surface area is 128 Å². The molecule has 7 nitrogen and oxygen atoms in total. The number of nitrogen functional groups attached to an aromatic ring is 1. The number of halogens is 3. The highest BCUT2D eigenvalue weighted by atomic mass is 35.5. The Morgan fingerprint density at radius 3 is 2.43 bits per heavy atom. The molecule has 2 aromatic rings. The molecular weight excluding hydrogens is 324 g/mol. The highest BCUT2D eigenvalue weighted by Gasteiger charge is 2.17. The van der Waals surface area contributed by atoms with E-state index in [1.807, 2.05) is 0 Å². The molecule has 0 aliphatic carbocycles. The number of aromatic nitrogens is 1. The lowest BCUT2D eigenvalue weighted by atomic mass is 10.3. The van der Waals surface area contributed by atoms with E-state index in [1.165, 1.54) is 24.3 Å². The minimum Gasteiger partial charge on any atom is -0.334 e. The van der Waals surface area contributed by atoms with Crippen LogP contribution in [0.3, 0.4) is 0 Å². The molecule has 0 amide bonds. The first-order valence-electron chi connectivity index (χ1n) is 5.46. The van der Waals surface area contributed by atoms with Gasteiger partial charge in [0.2, 0.25) is 5.82 Å². The maximum Gasteiger partial charge on any atom is 0.311 e. The molecule has 1 aromatic carbocycles. The van der Waals surface area contributed by atoms with Crippen molar-refractivity contribution in [3.05, 3.63) is 50.2 Å². The van der Waals surface area contributed by atoms with Gasteiger partial charge in [-0.25, -0.2) is 15.2 Å². The van der Waals surface area contributed by atoms with Crippen LogP contribution in [0, 0.1) is 15.9 Å². The van der Waals surface area contributed by atoms with Crippen molar-refractivity contribution >= 4 is 46.2 Å². The van der Waals surface area contributed by atoms with Crippen LogP contribution >= 0.6 is 23.2 Å². The summed E-state index contributed by atoms with van der Waals surface area (Å²) in [6.07, 6.45) is 0. The lowest BCUT2D eigenvalue weighted by molar-refractivity contribution is -0.384. The van der Waals surface area contributed by atoms with Gasteiger partial charge in [-0.1, -0.05) is 23.2 Å². The van der Waals surface area contributed by atoms with Gasteiger partial charge in [0.1, 0.15) is 5.82 Å². The van der Waals surface area contributed by atoms with Crippen LogP contribution in [0.1, 0.15) is 0 Å². The SMILES string of the molecule is NNc1ccc([N+](=O)[O-])c(Nc2cc(Cl)c(F)c(Cl)c2)n1. The molecule has 4 N–H and O–H groups in total. The van der Waals surface area contributed by atoms with Gasteiger partial charge < -0.3 is 10.7 Å². The molecule has 110 valence electrons. The molecular formula is C11H8Cl2FN5O2. The number of nitro groups is 1. The maximum atomic E-state index is 13.3. The number of hydrazine groups is 1. The predicted octanol–water partition coefficient (Wildman–Crippen LogP) is 3.46. The van der Waals surface area contributed by atoms with E-state index in [4.69, 9.17) is 29.0 Å². The maximum absolute atomic E-state index is 13.3. The van der Waals surface area contributed by atoms with Crippen LogP contribution in [0.2, 0.25) is 10.0 Å². The molecule has 10 heteroatoms. The normalized spacial score (nSPS) is 10.3. The van der Waals surface area contributed by atoms with Gasteiger partial charge in [0.25, 0.3) is 0 Å². The van der Waals surface area contributed by atoms with Crippen LogP contribution in [-0.4, -0.2) is 9.91 Å². The Hall–Kier alpha value is -2.16. The number of rotatable bonds is 4. The number of anilines is 3. The predicted molar refractivity (Wildman–Crippen MR) is 78.4 cm³/mol. The molecule has 0 aliphatic rings. The van der Waals surface area contributed by atoms with E-state index in [0.717, 1.165) is 0 Å². The van der Waals surface area contributed by atoms with E-state index < -0.39 is 10.7 Å². The van der Waals surface area contributed by atoms with Crippen LogP contribution in [0.25, 0.3) is 0 Å². The quantitative estimate of drug-likeness (QED) is 0.343. The van der Waals surface area contributed by atoms with E-state index in [1.54, 1.807) is 0 Å². The Balaban J connectivity index is 2.45. The van der Waals surface area contributed by atoms with Crippen LogP contribution in [0.4, 0.5) is 27.4 Å². The second-order valence-corrected chi connectivity index (χ2v) is 4.66. The molecule has 0 saturated heterocycles. The van der Waals surface area contributed by atoms with Crippen LogP contribution in [-0.2, 0) is 0 Å². The average Bonchev–Trinajstić information content (AvgIpc) is 2.44. The molecule has 1 heterocycles. The zero-order chi connectivity index (χ0) is 15.6. The number of pyridine rings is 1. The molecule has 0 fully saturated rings. The van der Waals surface area contributed by atoms with Crippen molar-refractivity contribution in [1.29, 1.82) is 0 Å². The van der Waals surface area contributed by atoms with E-state index in [-0.39, 0.29) is 33.1 Å². The van der Waals surface area contributed by atoms with Gasteiger partial charge >= 0.3 is 5.69 Å². The fraction of sp³-hybridized carbons (Fsp3) is 0. The lowest BCUT2D eigenvalue weighted by Crippen LogP contribution is -2.10. The molecule has 0 saturated carbocycles. The number of nitrogens with two attached hydrogens (primary N) is 1. The minimum absolute atomic E-state index is 0.0887. The first-order chi connectivity index (χ1) is 9.92. The third kappa shape index (κ3) is 3.30. The standard InChI is InChI=1S/C11H8Cl2FN5O2/c12-6-3-5(4-7(13)10(6)14)16-11-8(19(20)21)1-2-9(17-11)18-15/h1-4H,15H2,(H2,16,17,18). The summed E-state index contributed by atoms with van der Waals surface area (Å²) in [6.45, 7) is 0. The first-order valence-corrected chi connectivity index (χ1v) is 6.21. The zero-order valence-corrected chi connectivity index (χ0v) is 11.7. The van der Waals surface area contributed by atoms with Gasteiger partial charge in [-0.15, -0.1) is 0 Å². The van der Waals surface area contributed by atoms with Crippen molar-refractivity contribution < 1.29 is 9.31 Å². The van der Waals surface area contributed by atoms with Crippen molar-refractivity contribution in [2.75, 3.05) is 10.7 Å². The fourth-order valence-corrected chi connectivity index (χ4v) is 2.02. The zero-order valence-electron chi connectivity index (χ0n) is 10.2. The van der Waals surface area contributed by atoms with Crippen LogP contribution < -0.4 is 16.6 Å². The molecule has 0 aliphatic heterocycles. The lowest BCUT2D eigenvalue weighted by Gasteiger charge is -2.09. The summed E-state index contributed by atoms with van der Waals surface area (Å²) >= 11 is 11.3. The number of nitrogens with one attached hydrogen (secondary N) is 2. The summed E-state index contributed by atoms with van der Waals surface area (Å²) in [5.74, 6) is 4.55. The van der Waals surface area contributed by atoms with Crippen molar-refractivity contribution in [2.24, 2.45) is 5.84 Å². The molecule has 2 rings (SSSR count). The Morgan fingerprint density at radius 1 is 1.29 bits per heavy atom. The number of hydrogen-bond acceptors (Lipinski definition) is 6. The summed E-state index contributed by atoms with van der Waals surface area (Å²) in [4.78, 5) is 14.3. The monoisotopic (exact) mass is 331 g/mol. The van der Waals surface area contributed by atoms with Gasteiger partial charge in [-0.3, -0.25) is 10.1 Å². The van der Waals surface area contributed by atoms with Crippen LogP contribution in [0.15, 0.2) is 24.3 Å². The van der Waals surface area contributed by atoms with Gasteiger partial charge in [-0.05, 0) is 18.2 Å². The highest BCUT2D eigenvalue weighted by molar-refractivity contribution is 6.35. The molecule has 21 heavy (non-hydrogen) atoms. The van der Waals surface area contributed by atoms with E-state index in [9.17, 15) is 14.5 Å². The number of hydrogen-bond donors (Lipinski definition) is 3. The van der Waals surface area contributed by atoms with Crippen molar-refractivity contribution in [3.63, 3.8) is 0 Å². The summed E-state index contributed by atoms with van der Waals surface area (Å²) < 4.78 is 13.3. The largest absolute Gasteiger partial charge is 0.334 e. The van der Waals surface area contributed by atoms with Gasteiger partial charge in [0, 0.05) is 11.8 Å². The second-order valence-electron chi connectivity index (χ2n) is 3.84. The summed E-state index contributed by atoms with van der Waals surface area (Å²) in [5.41, 5.74) is 2.23. The van der Waals surface area contributed by atoms with Gasteiger partial charge in [-0.2, -0.15) is 0 Å². The molecule has 0 unspecified atom stereocenters. The van der Waals surface area contributed by atoms with E-state index >= 15 is 0 Å². The summed E-state index contributed by atoms with van der Waals surface area (Å²) in [6, 6.07) is 5.03. The van der Waals surface area contributed by atoms with Crippen molar-refractivity contribution in [1.82, 2.24) is 4.98 Å². The molecule has 0 spiro atoms. The average molecular weight is 332 g/mol. The van der Waals surface area contributed by atoms with Crippen LogP contribution in [0.5, 0.6) is 0 Å². The molecule has 0 atom stereocenters. The van der Waals surface area contributed by atoms with E-state index in [2.05, 4.69) is 15.7 Å². The minimum atomic E-state index is -0.774. The first kappa shape index (κ1) is 15.2. The fourth-order valence-electron chi connectivity index (χ4n) is 1.54. The highest BCUT2D eigenvalue weighted by Crippen LogP contribution is 2.31. The second kappa shape index (κ2) is 6.08. The number of nitrogens with zero attached hydrogens (tertiary/aromatic N) is 2. The molecule has 0 bridgehead atoms. The third-order valence-corrected chi connectivity index (χ3v) is 3.02. The number of benzene rings is 1. The van der Waals surface area contributed by atoms with Crippen molar-refractivity contribution in [3.8, 4) is 0 Å². The summed E-state index contributed by atoms with van der Waals surface area (Å²) in [5, 5.41) is 13.2. The van der Waals surface area contributed by atoms with E-state index in [0.29, 0.717) is 0 Å². The van der Waals surface area contributed by atoms with Gasteiger partial charge in [0.15, 0.2) is 5.82 Å². The van der Waals surface area contributed by atoms with Gasteiger partial charge in [0.05, 0.1) is 15.0 Å². The van der Waals surface area contributed by atoms with Crippen molar-refractivity contribution in [2.45, 2.75) is 0 Å². The Kier molecular flexibility index (Phi) is 4.41. The molecule has 0 radical (unpaired) electrons.